The Morgan fingerprint density at radius 1 is 1.12 bits per heavy atom. The van der Waals surface area contributed by atoms with Crippen molar-refractivity contribution in [3.05, 3.63) is 71.0 Å². The summed E-state index contributed by atoms with van der Waals surface area (Å²) in [5.41, 5.74) is 1.66. The minimum Gasteiger partial charge on any atom is -0.493 e. The Morgan fingerprint density at radius 3 is 2.76 bits per heavy atom. The summed E-state index contributed by atoms with van der Waals surface area (Å²) in [6, 6.07) is 14.8. The minimum atomic E-state index is -0.208. The lowest BCUT2D eigenvalue weighted by Gasteiger charge is -2.10. The Balaban J connectivity index is 1.43. The second-order valence-electron chi connectivity index (χ2n) is 7.10. The van der Waals surface area contributed by atoms with E-state index in [2.05, 4.69) is 25.3 Å². The van der Waals surface area contributed by atoms with E-state index in [1.165, 1.54) is 18.0 Å². The molecule has 10 nitrogen and oxygen atoms in total. The van der Waals surface area contributed by atoms with Crippen LogP contribution in [0.15, 0.2) is 69.2 Å². The number of para-hydroxylation sites is 1. The van der Waals surface area contributed by atoms with Gasteiger partial charge in [0.2, 0.25) is 11.7 Å². The van der Waals surface area contributed by atoms with Gasteiger partial charge in [-0.1, -0.05) is 35.1 Å². The van der Waals surface area contributed by atoms with Crippen molar-refractivity contribution in [1.82, 2.24) is 29.9 Å². The zero-order valence-corrected chi connectivity index (χ0v) is 19.2. The molecule has 0 saturated carbocycles. The quantitative estimate of drug-likeness (QED) is 0.263. The van der Waals surface area contributed by atoms with Crippen LogP contribution in [-0.2, 0) is 5.75 Å². The number of thioether (sulfide) groups is 1. The molecule has 0 amide bonds. The van der Waals surface area contributed by atoms with E-state index in [-0.39, 0.29) is 5.56 Å². The zero-order valence-electron chi connectivity index (χ0n) is 18.4. The summed E-state index contributed by atoms with van der Waals surface area (Å²) < 4.78 is 18.0. The molecule has 0 fully saturated rings. The van der Waals surface area contributed by atoms with Gasteiger partial charge < -0.3 is 14.0 Å². The summed E-state index contributed by atoms with van der Waals surface area (Å²) in [6.07, 6.45) is 1.48. The van der Waals surface area contributed by atoms with Gasteiger partial charge in [0.05, 0.1) is 31.4 Å². The van der Waals surface area contributed by atoms with Crippen molar-refractivity contribution in [1.29, 1.82) is 0 Å². The first-order chi connectivity index (χ1) is 16.7. The molecule has 0 atom stereocenters. The highest BCUT2D eigenvalue weighted by molar-refractivity contribution is 7.98. The maximum absolute atomic E-state index is 13.1. The first-order valence-corrected chi connectivity index (χ1v) is 11.4. The molecule has 0 spiro atoms. The lowest BCUT2D eigenvalue weighted by atomic mass is 10.2. The molecule has 0 aliphatic rings. The monoisotopic (exact) mass is 476 g/mol. The number of fused-ring (bicyclic) bond motifs is 1. The molecule has 5 rings (SSSR count). The lowest BCUT2D eigenvalue weighted by molar-refractivity contribution is 0.311. The van der Waals surface area contributed by atoms with E-state index >= 15 is 0 Å². The largest absolute Gasteiger partial charge is 0.493 e. The van der Waals surface area contributed by atoms with Crippen molar-refractivity contribution in [3.8, 4) is 28.6 Å². The van der Waals surface area contributed by atoms with Crippen LogP contribution in [0.3, 0.4) is 0 Å². The molecule has 0 bridgehead atoms. The number of aromatic amines is 1. The Bertz CT molecular complexity index is 1490. The second-order valence-corrected chi connectivity index (χ2v) is 8.04. The maximum Gasteiger partial charge on any atom is 0.269 e. The van der Waals surface area contributed by atoms with E-state index in [1.54, 1.807) is 17.7 Å². The van der Waals surface area contributed by atoms with Gasteiger partial charge in [0.15, 0.2) is 22.3 Å². The molecule has 0 aliphatic heterocycles. The zero-order chi connectivity index (χ0) is 23.5. The second kappa shape index (κ2) is 9.40. The molecule has 0 unspecified atom stereocenters. The summed E-state index contributed by atoms with van der Waals surface area (Å²) in [7, 11) is 1.58. The highest BCUT2D eigenvalue weighted by atomic mass is 32.2. The Morgan fingerprint density at radius 2 is 1.97 bits per heavy atom. The molecule has 0 saturated heterocycles. The van der Waals surface area contributed by atoms with Crippen LogP contribution in [-0.4, -0.2) is 43.6 Å². The van der Waals surface area contributed by atoms with Gasteiger partial charge in [-0.3, -0.25) is 14.5 Å². The maximum atomic E-state index is 13.1. The average molecular weight is 477 g/mol. The Hall–Kier alpha value is -4.12. The topological polar surface area (TPSA) is 121 Å². The van der Waals surface area contributed by atoms with Crippen LogP contribution in [0.5, 0.6) is 11.5 Å². The van der Waals surface area contributed by atoms with Crippen molar-refractivity contribution < 1.29 is 14.0 Å². The normalized spacial score (nSPS) is 11.1. The number of nitrogens with zero attached hydrogens (tertiary/aromatic N) is 5. The van der Waals surface area contributed by atoms with Gasteiger partial charge >= 0.3 is 0 Å². The van der Waals surface area contributed by atoms with Gasteiger partial charge in [0.1, 0.15) is 5.39 Å². The van der Waals surface area contributed by atoms with Crippen LogP contribution >= 0.6 is 11.8 Å². The standard InChI is InChI=1S/C23H20N6O4S/c1-3-32-17-10-9-14(11-18(17)31-2)20-25-19(33-28-20)13-34-23-26-21-16(12-24-27-21)22(30)29(23)15-7-5-4-6-8-15/h4-12H,3,13H2,1-2H3,(H,24,27). The molecule has 172 valence electrons. The van der Waals surface area contributed by atoms with Crippen LogP contribution < -0.4 is 15.0 Å². The van der Waals surface area contributed by atoms with Crippen LogP contribution in [0.25, 0.3) is 28.1 Å². The van der Waals surface area contributed by atoms with Gasteiger partial charge in [-0.2, -0.15) is 10.1 Å². The summed E-state index contributed by atoms with van der Waals surface area (Å²) >= 11 is 1.32. The van der Waals surface area contributed by atoms with Crippen LogP contribution in [0.2, 0.25) is 0 Å². The van der Waals surface area contributed by atoms with Gasteiger partial charge in [0, 0.05) is 5.56 Å². The fourth-order valence-corrected chi connectivity index (χ4v) is 4.26. The summed E-state index contributed by atoms with van der Waals surface area (Å²) in [5, 5.41) is 11.7. The van der Waals surface area contributed by atoms with E-state index in [0.29, 0.717) is 57.5 Å². The molecule has 11 heteroatoms. The first kappa shape index (κ1) is 21.7. The van der Waals surface area contributed by atoms with E-state index in [9.17, 15) is 4.79 Å². The number of ether oxygens (including phenoxy) is 2. The molecule has 0 aliphatic carbocycles. The van der Waals surface area contributed by atoms with Crippen molar-refractivity contribution >= 4 is 22.8 Å². The molecule has 1 N–H and O–H groups in total. The number of rotatable bonds is 8. The minimum absolute atomic E-state index is 0.208. The van der Waals surface area contributed by atoms with Crippen molar-refractivity contribution in [3.63, 3.8) is 0 Å². The Kier molecular flexibility index (Phi) is 6.00. The van der Waals surface area contributed by atoms with E-state index in [1.807, 2.05) is 49.4 Å². The predicted octanol–water partition coefficient (Wildman–Crippen LogP) is 3.86. The molecule has 3 aromatic heterocycles. The SMILES string of the molecule is CCOc1ccc(-c2noc(CSc3nc4[nH]ncc4c(=O)n3-c3ccccc3)n2)cc1OC. The molecule has 34 heavy (non-hydrogen) atoms. The molecule has 2 aromatic carbocycles. The third-order valence-corrected chi connectivity index (χ3v) is 5.90. The van der Waals surface area contributed by atoms with Gasteiger partial charge in [-0.15, -0.1) is 0 Å². The third kappa shape index (κ3) is 4.13. The number of hydrogen-bond donors (Lipinski definition) is 1. The molecule has 0 radical (unpaired) electrons. The van der Waals surface area contributed by atoms with E-state index < -0.39 is 0 Å². The number of benzene rings is 2. The molecular weight excluding hydrogens is 456 g/mol. The highest BCUT2D eigenvalue weighted by Gasteiger charge is 2.17. The Labute approximate surface area is 197 Å². The predicted molar refractivity (Wildman–Crippen MR) is 127 cm³/mol. The van der Waals surface area contributed by atoms with Crippen LogP contribution in [0.4, 0.5) is 0 Å². The number of methoxy groups -OCH3 is 1. The highest BCUT2D eigenvalue weighted by Crippen LogP contribution is 2.32. The van der Waals surface area contributed by atoms with Crippen LogP contribution in [0, 0.1) is 0 Å². The third-order valence-electron chi connectivity index (χ3n) is 4.98. The summed E-state index contributed by atoms with van der Waals surface area (Å²) in [6.45, 7) is 2.44. The van der Waals surface area contributed by atoms with Crippen molar-refractivity contribution in [2.24, 2.45) is 0 Å². The number of aromatic nitrogens is 6. The average Bonchev–Trinajstić information content (AvgIpc) is 3.54. The van der Waals surface area contributed by atoms with Crippen molar-refractivity contribution in [2.75, 3.05) is 13.7 Å². The lowest BCUT2D eigenvalue weighted by Crippen LogP contribution is -2.21. The van der Waals surface area contributed by atoms with Gasteiger partial charge in [0.25, 0.3) is 5.56 Å². The first-order valence-electron chi connectivity index (χ1n) is 10.5. The number of nitrogens with one attached hydrogen (secondary N) is 1. The number of hydrogen-bond acceptors (Lipinski definition) is 9. The van der Waals surface area contributed by atoms with Crippen molar-refractivity contribution in [2.45, 2.75) is 17.8 Å². The fraction of sp³-hybridized carbons (Fsp3) is 0.174. The molecule has 5 aromatic rings. The smallest absolute Gasteiger partial charge is 0.269 e. The summed E-state index contributed by atoms with van der Waals surface area (Å²) in [5.74, 6) is 2.37. The van der Waals surface area contributed by atoms with Gasteiger partial charge in [-0.05, 0) is 37.3 Å². The van der Waals surface area contributed by atoms with Crippen LogP contribution in [0.1, 0.15) is 12.8 Å². The molecular formula is C23H20N6O4S. The molecule has 3 heterocycles. The summed E-state index contributed by atoms with van der Waals surface area (Å²) in [4.78, 5) is 22.2. The number of H-pyrrole nitrogens is 1. The van der Waals surface area contributed by atoms with Gasteiger partial charge in [-0.25, -0.2) is 4.98 Å². The fourth-order valence-electron chi connectivity index (χ4n) is 3.41. The van der Waals surface area contributed by atoms with E-state index in [4.69, 9.17) is 14.0 Å². The van der Waals surface area contributed by atoms with E-state index in [0.717, 1.165) is 5.56 Å².